The Morgan fingerprint density at radius 2 is 2.10 bits per heavy atom. The predicted octanol–water partition coefficient (Wildman–Crippen LogP) is 3.33. The van der Waals surface area contributed by atoms with Gasteiger partial charge in [0.25, 0.3) is 0 Å². The molecule has 0 aliphatic heterocycles. The Morgan fingerprint density at radius 3 is 2.67 bits per heavy atom. The van der Waals surface area contributed by atoms with Crippen molar-refractivity contribution in [3.05, 3.63) is 18.3 Å². The minimum absolute atomic E-state index is 0.235. The van der Waals surface area contributed by atoms with Gasteiger partial charge in [-0.05, 0) is 38.8 Å². The van der Waals surface area contributed by atoms with Crippen LogP contribution in [0, 0.1) is 0 Å². The van der Waals surface area contributed by atoms with Crippen LogP contribution in [-0.2, 0) is 4.79 Å². The maximum Gasteiger partial charge on any atom is 0.233 e. The lowest BCUT2D eigenvalue weighted by molar-refractivity contribution is -0.133. The van der Waals surface area contributed by atoms with Crippen molar-refractivity contribution in [3.8, 4) is 0 Å². The van der Waals surface area contributed by atoms with E-state index in [0.717, 1.165) is 17.7 Å². The maximum absolute atomic E-state index is 12.6. The van der Waals surface area contributed by atoms with Gasteiger partial charge in [-0.2, -0.15) is 0 Å². The van der Waals surface area contributed by atoms with E-state index in [1.165, 1.54) is 31.0 Å². The number of pyridine rings is 1. The van der Waals surface area contributed by atoms with Crippen LogP contribution in [0.3, 0.4) is 0 Å². The molecule has 5 heteroatoms. The predicted molar refractivity (Wildman–Crippen MR) is 88.2 cm³/mol. The number of nitrogens with zero attached hydrogens (tertiary/aromatic N) is 2. The van der Waals surface area contributed by atoms with Crippen molar-refractivity contribution in [1.29, 1.82) is 0 Å². The molecule has 0 unspecified atom stereocenters. The van der Waals surface area contributed by atoms with Gasteiger partial charge in [0, 0.05) is 23.2 Å². The number of thioether (sulfide) groups is 1. The molecule has 1 fully saturated rings. The third-order valence-corrected chi connectivity index (χ3v) is 4.90. The van der Waals surface area contributed by atoms with Crippen LogP contribution in [0.4, 0.5) is 5.82 Å². The second kappa shape index (κ2) is 7.69. The lowest BCUT2D eigenvalue weighted by atomic mass is 9.93. The van der Waals surface area contributed by atoms with E-state index in [9.17, 15) is 4.79 Å². The second-order valence-electron chi connectivity index (χ2n) is 5.89. The van der Waals surface area contributed by atoms with Gasteiger partial charge in [-0.25, -0.2) is 4.98 Å². The average Bonchev–Trinajstić information content (AvgIpc) is 2.47. The van der Waals surface area contributed by atoms with Gasteiger partial charge in [0.2, 0.25) is 5.91 Å². The summed E-state index contributed by atoms with van der Waals surface area (Å²) in [6, 6.07) is 4.39. The summed E-state index contributed by atoms with van der Waals surface area (Å²) in [4.78, 5) is 19.7. The fourth-order valence-electron chi connectivity index (χ4n) is 2.97. The SMILES string of the molecule is CC(C)N(C(=O)CSc1ccc(N)nc1)C1CCCCC1. The third kappa shape index (κ3) is 4.63. The first-order valence-electron chi connectivity index (χ1n) is 7.73. The lowest BCUT2D eigenvalue weighted by Crippen LogP contribution is -2.46. The van der Waals surface area contributed by atoms with Crippen molar-refractivity contribution in [2.75, 3.05) is 11.5 Å². The molecular weight excluding hydrogens is 282 g/mol. The topological polar surface area (TPSA) is 59.2 Å². The second-order valence-corrected chi connectivity index (χ2v) is 6.94. The van der Waals surface area contributed by atoms with Crippen LogP contribution in [-0.4, -0.2) is 33.6 Å². The summed E-state index contributed by atoms with van der Waals surface area (Å²) in [7, 11) is 0. The van der Waals surface area contributed by atoms with Crippen molar-refractivity contribution in [2.45, 2.75) is 62.9 Å². The number of hydrogen-bond donors (Lipinski definition) is 1. The molecule has 0 saturated heterocycles. The summed E-state index contributed by atoms with van der Waals surface area (Å²) in [5.74, 6) is 1.22. The van der Waals surface area contributed by atoms with Crippen LogP contribution in [0.25, 0.3) is 0 Å². The van der Waals surface area contributed by atoms with E-state index < -0.39 is 0 Å². The summed E-state index contributed by atoms with van der Waals surface area (Å²) in [6.45, 7) is 4.23. The van der Waals surface area contributed by atoms with Crippen LogP contribution < -0.4 is 5.73 Å². The van der Waals surface area contributed by atoms with Crippen LogP contribution in [0.5, 0.6) is 0 Å². The Labute approximate surface area is 131 Å². The molecule has 1 aliphatic rings. The molecule has 0 spiro atoms. The molecule has 1 aliphatic carbocycles. The standard InChI is InChI=1S/C16H25N3OS/c1-12(2)19(13-6-4-3-5-7-13)16(20)11-21-14-8-9-15(17)18-10-14/h8-10,12-13H,3-7,11H2,1-2H3,(H2,17,18). The van der Waals surface area contributed by atoms with Crippen molar-refractivity contribution in [3.63, 3.8) is 0 Å². The monoisotopic (exact) mass is 307 g/mol. The van der Waals surface area contributed by atoms with Crippen molar-refractivity contribution < 1.29 is 4.79 Å². The fourth-order valence-corrected chi connectivity index (χ4v) is 3.70. The Morgan fingerprint density at radius 1 is 1.38 bits per heavy atom. The highest BCUT2D eigenvalue weighted by atomic mass is 32.2. The highest BCUT2D eigenvalue weighted by Crippen LogP contribution is 2.26. The minimum atomic E-state index is 0.235. The molecule has 0 bridgehead atoms. The molecule has 1 saturated carbocycles. The average molecular weight is 307 g/mol. The number of carbonyl (C=O) groups is 1. The van der Waals surface area contributed by atoms with Crippen molar-refractivity contribution >= 4 is 23.5 Å². The molecule has 1 heterocycles. The smallest absolute Gasteiger partial charge is 0.233 e. The van der Waals surface area contributed by atoms with Gasteiger partial charge in [0.05, 0.1) is 5.75 Å². The molecule has 4 nitrogen and oxygen atoms in total. The highest BCUT2D eigenvalue weighted by molar-refractivity contribution is 8.00. The molecule has 1 amide bonds. The van der Waals surface area contributed by atoms with Crippen molar-refractivity contribution in [2.24, 2.45) is 0 Å². The molecular formula is C16H25N3OS. The number of carbonyl (C=O) groups excluding carboxylic acids is 1. The molecule has 0 atom stereocenters. The van der Waals surface area contributed by atoms with Gasteiger partial charge in [-0.3, -0.25) is 4.79 Å². The van der Waals surface area contributed by atoms with E-state index >= 15 is 0 Å². The van der Waals surface area contributed by atoms with Gasteiger partial charge in [-0.1, -0.05) is 19.3 Å². The minimum Gasteiger partial charge on any atom is -0.384 e. The quantitative estimate of drug-likeness (QED) is 0.848. The van der Waals surface area contributed by atoms with Crippen molar-refractivity contribution in [1.82, 2.24) is 9.88 Å². The summed E-state index contributed by atoms with van der Waals surface area (Å²) in [6.07, 6.45) is 7.83. The number of amides is 1. The van der Waals surface area contributed by atoms with E-state index in [2.05, 4.69) is 23.7 Å². The molecule has 2 rings (SSSR count). The summed E-state index contributed by atoms with van der Waals surface area (Å²) >= 11 is 1.54. The van der Waals surface area contributed by atoms with Gasteiger partial charge >= 0.3 is 0 Å². The van der Waals surface area contributed by atoms with Crippen LogP contribution >= 0.6 is 11.8 Å². The Hall–Kier alpha value is -1.23. The summed E-state index contributed by atoms with van der Waals surface area (Å²) in [5.41, 5.74) is 5.57. The van der Waals surface area contributed by atoms with Gasteiger partial charge in [0.1, 0.15) is 5.82 Å². The first kappa shape index (κ1) is 16.1. The number of nitrogens with two attached hydrogens (primary N) is 1. The number of rotatable bonds is 5. The lowest BCUT2D eigenvalue weighted by Gasteiger charge is -2.37. The van der Waals surface area contributed by atoms with E-state index in [1.807, 2.05) is 6.07 Å². The van der Waals surface area contributed by atoms with Crippen LogP contribution in [0.2, 0.25) is 0 Å². The molecule has 116 valence electrons. The number of anilines is 1. The van der Waals surface area contributed by atoms with Crippen LogP contribution in [0.15, 0.2) is 23.2 Å². The highest BCUT2D eigenvalue weighted by Gasteiger charge is 2.27. The van der Waals surface area contributed by atoms with Crippen LogP contribution in [0.1, 0.15) is 46.0 Å². The molecule has 21 heavy (non-hydrogen) atoms. The Bertz CT molecular complexity index is 455. The van der Waals surface area contributed by atoms with Gasteiger partial charge in [0.15, 0.2) is 0 Å². The zero-order valence-corrected chi connectivity index (χ0v) is 13.7. The Balaban J connectivity index is 1.93. The zero-order chi connectivity index (χ0) is 15.2. The third-order valence-electron chi connectivity index (χ3n) is 3.93. The van der Waals surface area contributed by atoms with E-state index in [0.29, 0.717) is 17.6 Å². The summed E-state index contributed by atoms with van der Waals surface area (Å²) in [5, 5.41) is 0. The molecule has 0 aromatic carbocycles. The van der Waals surface area contributed by atoms with E-state index in [4.69, 9.17) is 5.73 Å². The molecule has 1 aromatic heterocycles. The van der Waals surface area contributed by atoms with Gasteiger partial charge in [-0.15, -0.1) is 11.8 Å². The molecule has 1 aromatic rings. The van der Waals surface area contributed by atoms with Gasteiger partial charge < -0.3 is 10.6 Å². The number of hydrogen-bond acceptors (Lipinski definition) is 4. The largest absolute Gasteiger partial charge is 0.384 e. The molecule has 2 N–H and O–H groups in total. The number of nitrogen functional groups attached to an aromatic ring is 1. The van der Waals surface area contributed by atoms with E-state index in [-0.39, 0.29) is 11.9 Å². The molecule has 0 radical (unpaired) electrons. The normalized spacial score (nSPS) is 16.1. The first-order chi connectivity index (χ1) is 10.1. The fraction of sp³-hybridized carbons (Fsp3) is 0.625. The number of aromatic nitrogens is 1. The first-order valence-corrected chi connectivity index (χ1v) is 8.72. The zero-order valence-electron chi connectivity index (χ0n) is 12.9. The maximum atomic E-state index is 12.6. The Kier molecular flexibility index (Phi) is 5.91. The van der Waals surface area contributed by atoms with E-state index in [1.54, 1.807) is 12.3 Å². The summed E-state index contributed by atoms with van der Waals surface area (Å²) < 4.78 is 0.